The van der Waals surface area contributed by atoms with E-state index in [1.165, 1.54) is 0 Å². The van der Waals surface area contributed by atoms with Gasteiger partial charge in [-0.25, -0.2) is 0 Å². The third-order valence-corrected chi connectivity index (χ3v) is 4.70. The van der Waals surface area contributed by atoms with Crippen molar-refractivity contribution in [1.82, 2.24) is 10.6 Å². The summed E-state index contributed by atoms with van der Waals surface area (Å²) in [5, 5.41) is 5.56. The monoisotopic (exact) mass is 395 g/mol. The Morgan fingerprint density at radius 1 is 1.03 bits per heavy atom. The minimum absolute atomic E-state index is 0.0771. The van der Waals surface area contributed by atoms with Gasteiger partial charge in [0, 0.05) is 37.3 Å². The van der Waals surface area contributed by atoms with Gasteiger partial charge in [-0.1, -0.05) is 18.2 Å². The van der Waals surface area contributed by atoms with Crippen LogP contribution in [0.25, 0.3) is 0 Å². The van der Waals surface area contributed by atoms with E-state index in [1.807, 2.05) is 37.3 Å². The van der Waals surface area contributed by atoms with Crippen molar-refractivity contribution in [3.05, 3.63) is 60.2 Å². The maximum absolute atomic E-state index is 12.4. The highest BCUT2D eigenvalue weighted by molar-refractivity contribution is 6.00. The van der Waals surface area contributed by atoms with Crippen molar-refractivity contribution in [2.45, 2.75) is 13.3 Å². The molecule has 1 aliphatic heterocycles. The molecule has 3 amide bonds. The van der Waals surface area contributed by atoms with E-state index < -0.39 is 5.92 Å². The predicted octanol–water partition coefficient (Wildman–Crippen LogP) is 1.98. The number of amides is 3. The average molecular weight is 395 g/mol. The van der Waals surface area contributed by atoms with Crippen LogP contribution < -0.4 is 20.3 Å². The van der Waals surface area contributed by atoms with Crippen LogP contribution in [-0.2, 0) is 9.59 Å². The third kappa shape index (κ3) is 5.34. The van der Waals surface area contributed by atoms with Crippen molar-refractivity contribution in [2.24, 2.45) is 5.92 Å². The molecule has 1 saturated heterocycles. The van der Waals surface area contributed by atoms with Crippen molar-refractivity contribution >= 4 is 23.4 Å². The molecule has 1 unspecified atom stereocenters. The Balaban J connectivity index is 1.44. The van der Waals surface area contributed by atoms with Crippen LogP contribution >= 0.6 is 0 Å². The summed E-state index contributed by atoms with van der Waals surface area (Å²) in [7, 11) is 0. The smallest absolute Gasteiger partial charge is 0.251 e. The lowest BCUT2D eigenvalue weighted by Crippen LogP contribution is -2.38. The number of rotatable bonds is 8. The van der Waals surface area contributed by atoms with Gasteiger partial charge >= 0.3 is 0 Å². The molecule has 7 nitrogen and oxygen atoms in total. The molecule has 1 heterocycles. The summed E-state index contributed by atoms with van der Waals surface area (Å²) < 4.78 is 5.41. The van der Waals surface area contributed by atoms with Gasteiger partial charge in [0.25, 0.3) is 5.91 Å². The van der Waals surface area contributed by atoms with Crippen LogP contribution in [0, 0.1) is 5.92 Å². The molecule has 1 aliphatic rings. The zero-order valence-electron chi connectivity index (χ0n) is 16.4. The zero-order valence-corrected chi connectivity index (χ0v) is 16.4. The fourth-order valence-corrected chi connectivity index (χ4v) is 3.22. The zero-order chi connectivity index (χ0) is 20.6. The van der Waals surface area contributed by atoms with Gasteiger partial charge in [0.2, 0.25) is 11.8 Å². The van der Waals surface area contributed by atoms with Crippen LogP contribution in [0.5, 0.6) is 5.75 Å². The highest BCUT2D eigenvalue weighted by Crippen LogP contribution is 2.27. The van der Waals surface area contributed by atoms with Crippen molar-refractivity contribution < 1.29 is 19.1 Å². The number of anilines is 1. The van der Waals surface area contributed by atoms with Gasteiger partial charge in [-0.3, -0.25) is 14.4 Å². The minimum Gasteiger partial charge on any atom is -0.494 e. The molecule has 1 atom stereocenters. The Bertz CT molecular complexity index is 852. The van der Waals surface area contributed by atoms with Crippen LogP contribution in [0.2, 0.25) is 0 Å². The summed E-state index contributed by atoms with van der Waals surface area (Å²) in [5.41, 5.74) is 1.33. The van der Waals surface area contributed by atoms with E-state index in [4.69, 9.17) is 4.74 Å². The lowest BCUT2D eigenvalue weighted by Gasteiger charge is -2.17. The largest absolute Gasteiger partial charge is 0.494 e. The Morgan fingerprint density at radius 2 is 1.72 bits per heavy atom. The third-order valence-electron chi connectivity index (χ3n) is 4.70. The molecule has 0 radical (unpaired) electrons. The van der Waals surface area contributed by atoms with Gasteiger partial charge in [0.05, 0.1) is 12.5 Å². The van der Waals surface area contributed by atoms with Gasteiger partial charge in [-0.15, -0.1) is 0 Å². The van der Waals surface area contributed by atoms with E-state index in [1.54, 1.807) is 29.2 Å². The Morgan fingerprint density at radius 3 is 2.41 bits per heavy atom. The molecule has 0 saturated carbocycles. The first-order valence-corrected chi connectivity index (χ1v) is 9.72. The van der Waals surface area contributed by atoms with Gasteiger partial charge in [0.15, 0.2) is 0 Å². The quantitative estimate of drug-likeness (QED) is 0.669. The van der Waals surface area contributed by atoms with Crippen molar-refractivity contribution in [1.29, 1.82) is 0 Å². The summed E-state index contributed by atoms with van der Waals surface area (Å²) in [6.07, 6.45) is 0.176. The topological polar surface area (TPSA) is 87.7 Å². The van der Waals surface area contributed by atoms with E-state index in [0.717, 1.165) is 11.4 Å². The molecular weight excluding hydrogens is 370 g/mol. The molecule has 7 heteroatoms. The Labute approximate surface area is 170 Å². The molecule has 2 aromatic rings. The lowest BCUT2D eigenvalue weighted by molar-refractivity contribution is -0.126. The van der Waals surface area contributed by atoms with Crippen LogP contribution in [0.4, 0.5) is 5.69 Å². The van der Waals surface area contributed by atoms with Crippen molar-refractivity contribution in [2.75, 3.05) is 31.1 Å². The first-order chi connectivity index (χ1) is 14.1. The molecular formula is C22H25N3O4. The van der Waals surface area contributed by atoms with Crippen LogP contribution in [0.3, 0.4) is 0 Å². The summed E-state index contributed by atoms with van der Waals surface area (Å²) in [4.78, 5) is 38.3. The second kappa shape index (κ2) is 9.73. The Hall–Kier alpha value is -3.35. The molecule has 0 spiro atoms. The molecule has 29 heavy (non-hydrogen) atoms. The van der Waals surface area contributed by atoms with E-state index in [2.05, 4.69) is 10.6 Å². The highest BCUT2D eigenvalue weighted by atomic mass is 16.5. The van der Waals surface area contributed by atoms with Crippen LogP contribution in [-0.4, -0.2) is 44.0 Å². The molecule has 3 rings (SSSR count). The lowest BCUT2D eigenvalue weighted by atomic mass is 10.1. The van der Waals surface area contributed by atoms with E-state index in [-0.39, 0.29) is 24.1 Å². The fraction of sp³-hybridized carbons (Fsp3) is 0.318. The predicted molar refractivity (Wildman–Crippen MR) is 110 cm³/mol. The fourth-order valence-electron chi connectivity index (χ4n) is 3.22. The summed E-state index contributed by atoms with van der Waals surface area (Å²) >= 11 is 0. The second-order valence-corrected chi connectivity index (χ2v) is 6.75. The Kier molecular flexibility index (Phi) is 6.84. The van der Waals surface area contributed by atoms with Crippen molar-refractivity contribution in [3.8, 4) is 5.75 Å². The number of ether oxygens (including phenoxy) is 1. The van der Waals surface area contributed by atoms with E-state index >= 15 is 0 Å². The molecule has 1 fully saturated rings. The number of nitrogens with one attached hydrogen (secondary N) is 2. The minimum atomic E-state index is -0.404. The van der Waals surface area contributed by atoms with Crippen LogP contribution in [0.15, 0.2) is 54.6 Å². The number of hydrogen-bond donors (Lipinski definition) is 2. The maximum Gasteiger partial charge on any atom is 0.251 e. The van der Waals surface area contributed by atoms with E-state index in [9.17, 15) is 14.4 Å². The normalized spacial score (nSPS) is 15.8. The molecule has 0 bridgehead atoms. The summed E-state index contributed by atoms with van der Waals surface area (Å²) in [5.74, 6) is -0.0985. The number of nitrogens with zero attached hydrogens (tertiary/aromatic N) is 1. The van der Waals surface area contributed by atoms with Crippen LogP contribution in [0.1, 0.15) is 23.7 Å². The highest BCUT2D eigenvalue weighted by Gasteiger charge is 2.34. The average Bonchev–Trinajstić information content (AvgIpc) is 3.14. The van der Waals surface area contributed by atoms with Crippen molar-refractivity contribution in [3.63, 3.8) is 0 Å². The maximum atomic E-state index is 12.4. The van der Waals surface area contributed by atoms with Gasteiger partial charge in [0.1, 0.15) is 5.75 Å². The summed E-state index contributed by atoms with van der Waals surface area (Å²) in [6.45, 7) is 3.47. The van der Waals surface area contributed by atoms with E-state index in [0.29, 0.717) is 31.8 Å². The molecule has 0 aliphatic carbocycles. The standard InChI is InChI=1S/C22H25N3O4/c1-2-29-19-10-8-18(9-11-19)25-15-17(14-20(25)26)22(28)24-13-12-23-21(27)16-6-4-3-5-7-16/h3-11,17H,2,12-15H2,1H3,(H,23,27)(H,24,28). The first kappa shape index (κ1) is 20.4. The SMILES string of the molecule is CCOc1ccc(N2CC(C(=O)NCCNC(=O)c3ccccc3)CC2=O)cc1. The molecule has 2 N–H and O–H groups in total. The van der Waals surface area contributed by atoms with Gasteiger partial charge in [-0.2, -0.15) is 0 Å². The first-order valence-electron chi connectivity index (χ1n) is 9.72. The number of carbonyl (C=O) groups is 3. The van der Waals surface area contributed by atoms with Gasteiger partial charge in [-0.05, 0) is 43.3 Å². The van der Waals surface area contributed by atoms with Gasteiger partial charge < -0.3 is 20.3 Å². The number of carbonyl (C=O) groups excluding carboxylic acids is 3. The molecule has 152 valence electrons. The number of benzene rings is 2. The summed E-state index contributed by atoms with van der Waals surface area (Å²) in [6, 6.07) is 16.2. The molecule has 2 aromatic carbocycles. The second-order valence-electron chi connectivity index (χ2n) is 6.75. The number of hydrogen-bond acceptors (Lipinski definition) is 4. The molecule has 0 aromatic heterocycles.